The lowest BCUT2D eigenvalue weighted by Gasteiger charge is -2.15. The molecule has 20 heteroatoms. The quantitative estimate of drug-likeness (QED) is 0.102. The molecule has 0 aromatic heterocycles. The molecule has 0 unspecified atom stereocenters. The molecular formula is C38H42O15S5. The fourth-order valence-corrected chi connectivity index (χ4v) is 9.48. The van der Waals surface area contributed by atoms with Crippen LogP contribution in [0.2, 0.25) is 0 Å². The molecule has 0 saturated heterocycles. The number of hydrogen-bond donors (Lipinski definition) is 5. The summed E-state index contributed by atoms with van der Waals surface area (Å²) < 4.78 is 161. The van der Waals surface area contributed by atoms with Crippen LogP contribution in [0.25, 0.3) is 22.3 Å². The minimum absolute atomic E-state index is 0.000671. The highest BCUT2D eigenvalue weighted by Gasteiger charge is 2.26. The van der Waals surface area contributed by atoms with Crippen molar-refractivity contribution in [2.45, 2.75) is 79.9 Å². The normalized spacial score (nSPS) is 12.2. The first-order valence-corrected chi connectivity index (χ1v) is 23.8. The molecule has 5 rings (SSSR count). The van der Waals surface area contributed by atoms with Gasteiger partial charge in [-0.25, -0.2) is 0 Å². The van der Waals surface area contributed by atoms with Gasteiger partial charge in [-0.2, -0.15) is 42.1 Å². The second kappa shape index (κ2) is 17.5. The molecule has 5 aromatic carbocycles. The molecule has 58 heavy (non-hydrogen) atoms. The smallest absolute Gasteiger partial charge is 0.282 e. The summed E-state index contributed by atoms with van der Waals surface area (Å²) in [6, 6.07) is 18.8. The van der Waals surface area contributed by atoms with Crippen LogP contribution in [0.4, 0.5) is 0 Å². The van der Waals surface area contributed by atoms with Crippen molar-refractivity contribution in [3.8, 4) is 22.3 Å². The van der Waals surface area contributed by atoms with Crippen molar-refractivity contribution in [3.63, 3.8) is 0 Å². The molecule has 0 spiro atoms. The number of benzene rings is 5. The molecule has 15 nitrogen and oxygen atoms in total. The zero-order valence-corrected chi connectivity index (χ0v) is 36.4. The van der Waals surface area contributed by atoms with Crippen molar-refractivity contribution in [1.29, 1.82) is 0 Å². The summed E-state index contributed by atoms with van der Waals surface area (Å²) in [6.07, 6.45) is 0. The predicted octanol–water partition coefficient (Wildman–Crippen LogP) is 7.09. The lowest BCUT2D eigenvalue weighted by Crippen LogP contribution is -2.07. The summed E-state index contributed by atoms with van der Waals surface area (Å²) >= 11 is 0. The van der Waals surface area contributed by atoms with Gasteiger partial charge in [-0.15, -0.1) is 0 Å². The van der Waals surface area contributed by atoms with Gasteiger partial charge in [-0.3, -0.25) is 22.8 Å². The van der Waals surface area contributed by atoms with E-state index in [0.717, 1.165) is 16.7 Å². The van der Waals surface area contributed by atoms with E-state index in [4.69, 9.17) is 4.55 Å². The van der Waals surface area contributed by atoms with Gasteiger partial charge in [-0.1, -0.05) is 36.4 Å². The van der Waals surface area contributed by atoms with Crippen LogP contribution in [-0.4, -0.2) is 64.9 Å². The Hall–Kier alpha value is -4.35. The third kappa shape index (κ3) is 12.1. The Morgan fingerprint density at radius 1 is 0.276 bits per heavy atom. The van der Waals surface area contributed by atoms with E-state index in [2.05, 4.69) is 0 Å². The average molecular weight is 899 g/mol. The topological polar surface area (TPSA) is 272 Å². The van der Waals surface area contributed by atoms with Crippen molar-refractivity contribution in [2.24, 2.45) is 0 Å². The fraction of sp³-hybridized carbons (Fsp3) is 0.211. The summed E-state index contributed by atoms with van der Waals surface area (Å²) in [5, 5.41) is 0. The van der Waals surface area contributed by atoms with Crippen LogP contribution < -0.4 is 0 Å². The maximum Gasteiger partial charge on any atom is 0.295 e. The van der Waals surface area contributed by atoms with E-state index in [1.807, 2.05) is 0 Å². The standard InChI is InChI=1S/C16H18O6S2.C14H14O6S2.C8H10O3S/c1-9-5-13(15(7-11(9)3)23(17,18)19)14-6-10(2)12(4)8-16(14)24(20,21)22;1-9-3-5-11(13(7-9)21(15,16)17)12-6-4-10(2)8-14(12)22(18,19)20;1-6-3-4-7(2)8(5-6)12(9,10)11/h5-8H,1-4H3,(H,17,18,19)(H,20,21,22);3-8H,1-2H3,(H,15,16,17)(H,18,19,20);3-5H,1-2H3,(H,9,10,11). The predicted molar refractivity (Wildman–Crippen MR) is 217 cm³/mol. The molecule has 0 atom stereocenters. The van der Waals surface area contributed by atoms with E-state index >= 15 is 0 Å². The highest BCUT2D eigenvalue weighted by Crippen LogP contribution is 2.36. The Morgan fingerprint density at radius 3 is 0.793 bits per heavy atom. The van der Waals surface area contributed by atoms with Crippen molar-refractivity contribution >= 4 is 50.6 Å². The second-order valence-corrected chi connectivity index (χ2v) is 20.5. The van der Waals surface area contributed by atoms with Gasteiger partial charge in [0.1, 0.15) is 19.6 Å². The van der Waals surface area contributed by atoms with Gasteiger partial charge in [0.05, 0.1) is 4.90 Å². The number of rotatable bonds is 7. The summed E-state index contributed by atoms with van der Waals surface area (Å²) in [5.74, 6) is 0. The molecule has 0 heterocycles. The zero-order valence-electron chi connectivity index (χ0n) is 32.4. The molecule has 0 bridgehead atoms. The van der Waals surface area contributed by atoms with Gasteiger partial charge in [0.25, 0.3) is 50.6 Å². The molecule has 0 radical (unpaired) electrons. The molecule has 0 aliphatic carbocycles. The lowest BCUT2D eigenvalue weighted by molar-refractivity contribution is 0.480. The maximum absolute atomic E-state index is 11.7. The first-order valence-electron chi connectivity index (χ1n) is 16.6. The maximum atomic E-state index is 11.7. The van der Waals surface area contributed by atoms with Gasteiger partial charge in [0.15, 0.2) is 0 Å². The van der Waals surface area contributed by atoms with Crippen LogP contribution in [0.5, 0.6) is 0 Å². The Bertz CT molecular complexity index is 2830. The minimum atomic E-state index is -4.58. The van der Waals surface area contributed by atoms with E-state index in [-0.39, 0.29) is 27.1 Å². The Labute approximate surface area is 339 Å². The van der Waals surface area contributed by atoms with E-state index < -0.39 is 70.2 Å². The number of aryl methyl sites for hydroxylation is 8. The summed E-state index contributed by atoms with van der Waals surface area (Å²) in [7, 11) is -22.3. The summed E-state index contributed by atoms with van der Waals surface area (Å²) in [6.45, 7) is 13.5. The summed E-state index contributed by atoms with van der Waals surface area (Å²) in [5.41, 5.74) is 5.28. The van der Waals surface area contributed by atoms with Crippen molar-refractivity contribution in [3.05, 3.63) is 123 Å². The SMILES string of the molecule is Cc1cc(-c2cc(C)c(C)cc2S(=O)(=O)O)c(S(=O)(=O)O)cc1C.Cc1ccc(-c2ccc(C)cc2S(=O)(=O)O)c(S(=O)(=O)O)c1.Cc1ccc(C)c(S(=O)(=O)O)c1. The van der Waals surface area contributed by atoms with Crippen LogP contribution >= 0.6 is 0 Å². The van der Waals surface area contributed by atoms with E-state index in [0.29, 0.717) is 27.8 Å². The Balaban J connectivity index is 0.000000245. The third-order valence-corrected chi connectivity index (χ3v) is 13.3. The summed E-state index contributed by atoms with van der Waals surface area (Å²) in [4.78, 5) is -1.65. The molecular weight excluding hydrogens is 857 g/mol. The Kier molecular flexibility index (Phi) is 14.5. The third-order valence-electron chi connectivity index (χ3n) is 8.78. The van der Waals surface area contributed by atoms with E-state index in [1.165, 1.54) is 54.6 Å². The monoisotopic (exact) mass is 898 g/mol. The highest BCUT2D eigenvalue weighted by atomic mass is 32.2. The van der Waals surface area contributed by atoms with Crippen LogP contribution in [0.15, 0.2) is 103 Å². The van der Waals surface area contributed by atoms with Gasteiger partial charge < -0.3 is 0 Å². The molecule has 314 valence electrons. The van der Waals surface area contributed by atoms with E-state index in [9.17, 15) is 60.3 Å². The highest BCUT2D eigenvalue weighted by molar-refractivity contribution is 7.87. The lowest BCUT2D eigenvalue weighted by atomic mass is 9.97. The minimum Gasteiger partial charge on any atom is -0.282 e. The van der Waals surface area contributed by atoms with E-state index in [1.54, 1.807) is 79.7 Å². The molecule has 0 amide bonds. The van der Waals surface area contributed by atoms with Crippen LogP contribution in [0.3, 0.4) is 0 Å². The molecule has 0 fully saturated rings. The second-order valence-electron chi connectivity index (χ2n) is 13.5. The zero-order chi connectivity index (χ0) is 44.5. The molecule has 0 saturated carbocycles. The van der Waals surface area contributed by atoms with Gasteiger partial charge in [-0.05, 0) is 142 Å². The largest absolute Gasteiger partial charge is 0.295 e. The fourth-order valence-electron chi connectivity index (χ4n) is 5.54. The average Bonchev–Trinajstić information content (AvgIpc) is 3.06. The van der Waals surface area contributed by atoms with Gasteiger partial charge >= 0.3 is 0 Å². The van der Waals surface area contributed by atoms with Crippen molar-refractivity contribution < 1.29 is 64.9 Å². The Morgan fingerprint density at radius 2 is 0.517 bits per heavy atom. The molecule has 0 aliphatic heterocycles. The van der Waals surface area contributed by atoms with Gasteiger partial charge in [0.2, 0.25) is 0 Å². The van der Waals surface area contributed by atoms with Crippen LogP contribution in [0.1, 0.15) is 44.5 Å². The van der Waals surface area contributed by atoms with Crippen LogP contribution in [-0.2, 0) is 50.6 Å². The van der Waals surface area contributed by atoms with Crippen LogP contribution in [0, 0.1) is 55.4 Å². The molecule has 5 N–H and O–H groups in total. The van der Waals surface area contributed by atoms with Gasteiger partial charge in [0, 0.05) is 22.3 Å². The first-order chi connectivity index (χ1) is 26.2. The first kappa shape index (κ1) is 48.0. The molecule has 5 aromatic rings. The van der Waals surface area contributed by atoms with Crippen molar-refractivity contribution in [2.75, 3.05) is 0 Å². The number of hydrogen-bond acceptors (Lipinski definition) is 10. The van der Waals surface area contributed by atoms with Crippen molar-refractivity contribution in [1.82, 2.24) is 0 Å². The molecule has 0 aliphatic rings.